The van der Waals surface area contributed by atoms with Gasteiger partial charge in [-0.15, -0.1) is 0 Å². The fourth-order valence-electron chi connectivity index (χ4n) is 1.13. The zero-order valence-electron chi connectivity index (χ0n) is 6.23. The van der Waals surface area contributed by atoms with Crippen LogP contribution in [0.15, 0.2) is 30.5 Å². The van der Waals surface area contributed by atoms with Crippen LogP contribution in [0.2, 0.25) is 0 Å². The molecule has 0 aliphatic heterocycles. The molecule has 2 N–H and O–H groups in total. The van der Waals surface area contributed by atoms with Gasteiger partial charge in [0, 0.05) is 11.6 Å². The van der Waals surface area contributed by atoms with Gasteiger partial charge in [0.25, 0.3) is 0 Å². The van der Waals surface area contributed by atoms with Crippen LogP contribution >= 0.6 is 0 Å². The van der Waals surface area contributed by atoms with Crippen LogP contribution in [0.25, 0.3) is 10.9 Å². The van der Waals surface area contributed by atoms with Crippen molar-refractivity contribution in [2.45, 2.75) is 0 Å². The summed E-state index contributed by atoms with van der Waals surface area (Å²) in [5, 5.41) is 19.1. The highest BCUT2D eigenvalue weighted by Crippen LogP contribution is 2.31. The molecule has 1 aromatic heterocycles. The molecule has 0 bridgehead atoms. The van der Waals surface area contributed by atoms with E-state index in [1.807, 2.05) is 0 Å². The first-order valence-electron chi connectivity index (χ1n) is 3.55. The Hall–Kier alpha value is -1.77. The summed E-state index contributed by atoms with van der Waals surface area (Å²) in [6, 6.07) is 6.49. The number of nitrogens with zero attached hydrogens (tertiary/aromatic N) is 1. The predicted molar refractivity (Wildman–Crippen MR) is 45.1 cm³/mol. The summed E-state index contributed by atoms with van der Waals surface area (Å²) in [4.78, 5) is 4.01. The van der Waals surface area contributed by atoms with Crippen LogP contribution in [0.5, 0.6) is 11.5 Å². The van der Waals surface area contributed by atoms with Crippen molar-refractivity contribution in [3.8, 4) is 11.5 Å². The third-order valence-electron chi connectivity index (χ3n) is 1.74. The SMILES string of the molecule is Oc1ccc2ncccc2c1O. The average molecular weight is 161 g/mol. The lowest BCUT2D eigenvalue weighted by molar-refractivity contribution is 0.408. The van der Waals surface area contributed by atoms with E-state index < -0.39 is 0 Å². The largest absolute Gasteiger partial charge is 0.504 e. The van der Waals surface area contributed by atoms with E-state index in [0.717, 1.165) is 0 Å². The lowest BCUT2D eigenvalue weighted by Crippen LogP contribution is -1.77. The number of phenolic OH excluding ortho intramolecular Hbond substituents is 2. The normalized spacial score (nSPS) is 10.3. The average Bonchev–Trinajstić information content (AvgIpc) is 2.12. The first-order valence-corrected chi connectivity index (χ1v) is 3.55. The molecule has 0 spiro atoms. The van der Waals surface area contributed by atoms with E-state index in [0.29, 0.717) is 10.9 Å². The maximum atomic E-state index is 9.37. The molecule has 2 aromatic rings. The van der Waals surface area contributed by atoms with Crippen molar-refractivity contribution in [2.75, 3.05) is 0 Å². The van der Waals surface area contributed by atoms with Crippen LogP contribution in [-0.2, 0) is 0 Å². The molecule has 1 aromatic carbocycles. The van der Waals surface area contributed by atoms with E-state index in [9.17, 15) is 5.11 Å². The van der Waals surface area contributed by atoms with Gasteiger partial charge in [-0.3, -0.25) is 4.98 Å². The van der Waals surface area contributed by atoms with E-state index >= 15 is 0 Å². The van der Waals surface area contributed by atoms with Gasteiger partial charge in [0.05, 0.1) is 5.52 Å². The van der Waals surface area contributed by atoms with Crippen molar-refractivity contribution >= 4 is 10.9 Å². The molecule has 60 valence electrons. The highest BCUT2D eigenvalue weighted by molar-refractivity contribution is 5.86. The zero-order valence-corrected chi connectivity index (χ0v) is 6.23. The molecule has 0 atom stereocenters. The minimum absolute atomic E-state index is 0.111. The van der Waals surface area contributed by atoms with Gasteiger partial charge < -0.3 is 10.2 Å². The van der Waals surface area contributed by atoms with Gasteiger partial charge in [0.1, 0.15) is 0 Å². The van der Waals surface area contributed by atoms with Crippen LogP contribution in [0.3, 0.4) is 0 Å². The van der Waals surface area contributed by atoms with E-state index in [2.05, 4.69) is 4.98 Å². The quantitative estimate of drug-likeness (QED) is 0.577. The molecular weight excluding hydrogens is 154 g/mol. The molecule has 2 rings (SSSR count). The number of fused-ring (bicyclic) bond motifs is 1. The molecule has 12 heavy (non-hydrogen) atoms. The van der Waals surface area contributed by atoms with E-state index in [1.54, 1.807) is 24.4 Å². The van der Waals surface area contributed by atoms with E-state index in [-0.39, 0.29) is 11.5 Å². The lowest BCUT2D eigenvalue weighted by atomic mass is 10.2. The smallest absolute Gasteiger partial charge is 0.167 e. The van der Waals surface area contributed by atoms with Gasteiger partial charge in [-0.05, 0) is 24.3 Å². The number of rotatable bonds is 0. The maximum Gasteiger partial charge on any atom is 0.167 e. The summed E-state index contributed by atoms with van der Waals surface area (Å²) in [7, 11) is 0. The number of hydrogen-bond acceptors (Lipinski definition) is 3. The second-order valence-corrected chi connectivity index (χ2v) is 2.50. The molecule has 0 radical (unpaired) electrons. The molecule has 0 unspecified atom stereocenters. The van der Waals surface area contributed by atoms with Crippen LogP contribution < -0.4 is 0 Å². The molecular formula is C9H7NO2. The topological polar surface area (TPSA) is 53.4 Å². The fourth-order valence-corrected chi connectivity index (χ4v) is 1.13. The Bertz CT molecular complexity index is 426. The molecule has 1 heterocycles. The number of aromatic nitrogens is 1. The second kappa shape index (κ2) is 2.37. The van der Waals surface area contributed by atoms with Crippen molar-refractivity contribution < 1.29 is 10.2 Å². The van der Waals surface area contributed by atoms with Crippen molar-refractivity contribution in [2.24, 2.45) is 0 Å². The fraction of sp³-hybridized carbons (Fsp3) is 0. The summed E-state index contributed by atoms with van der Waals surface area (Å²) < 4.78 is 0. The Morgan fingerprint density at radius 1 is 1.08 bits per heavy atom. The number of phenols is 2. The summed E-state index contributed by atoms with van der Waals surface area (Å²) in [6.45, 7) is 0. The Labute approximate surface area is 68.9 Å². The Morgan fingerprint density at radius 3 is 2.75 bits per heavy atom. The number of pyridine rings is 1. The highest BCUT2D eigenvalue weighted by Gasteiger charge is 2.03. The minimum Gasteiger partial charge on any atom is -0.504 e. The molecule has 0 amide bonds. The standard InChI is InChI=1S/C9H7NO2/c11-8-4-3-7-6(9(8)12)2-1-5-10-7/h1-5,11-12H. The van der Waals surface area contributed by atoms with Gasteiger partial charge in [0.2, 0.25) is 0 Å². The van der Waals surface area contributed by atoms with Gasteiger partial charge in [0.15, 0.2) is 11.5 Å². The zero-order chi connectivity index (χ0) is 8.55. The molecule has 3 nitrogen and oxygen atoms in total. The Morgan fingerprint density at radius 2 is 1.92 bits per heavy atom. The minimum atomic E-state index is -0.115. The molecule has 0 aliphatic rings. The molecule has 0 aliphatic carbocycles. The third kappa shape index (κ3) is 0.871. The number of benzene rings is 1. The third-order valence-corrected chi connectivity index (χ3v) is 1.74. The van der Waals surface area contributed by atoms with Crippen molar-refractivity contribution in [1.82, 2.24) is 4.98 Å². The molecule has 0 fully saturated rings. The van der Waals surface area contributed by atoms with Crippen molar-refractivity contribution in [1.29, 1.82) is 0 Å². The van der Waals surface area contributed by atoms with Crippen LogP contribution in [0, 0.1) is 0 Å². The van der Waals surface area contributed by atoms with Gasteiger partial charge in [-0.2, -0.15) is 0 Å². The van der Waals surface area contributed by atoms with E-state index in [1.165, 1.54) is 6.07 Å². The molecule has 3 heteroatoms. The first-order chi connectivity index (χ1) is 5.79. The first kappa shape index (κ1) is 6.91. The lowest BCUT2D eigenvalue weighted by Gasteiger charge is -2.00. The van der Waals surface area contributed by atoms with Gasteiger partial charge >= 0.3 is 0 Å². The van der Waals surface area contributed by atoms with Crippen LogP contribution in [0.1, 0.15) is 0 Å². The van der Waals surface area contributed by atoms with E-state index in [4.69, 9.17) is 5.11 Å². The second-order valence-electron chi connectivity index (χ2n) is 2.50. The highest BCUT2D eigenvalue weighted by atomic mass is 16.3. The molecule has 0 saturated heterocycles. The summed E-state index contributed by atoms with van der Waals surface area (Å²) in [6.07, 6.45) is 1.64. The Balaban J connectivity index is 2.91. The van der Waals surface area contributed by atoms with Gasteiger partial charge in [-0.1, -0.05) is 0 Å². The maximum absolute atomic E-state index is 9.37. The van der Waals surface area contributed by atoms with Crippen LogP contribution in [-0.4, -0.2) is 15.2 Å². The summed E-state index contributed by atoms with van der Waals surface area (Å²) >= 11 is 0. The van der Waals surface area contributed by atoms with Crippen molar-refractivity contribution in [3.63, 3.8) is 0 Å². The predicted octanol–water partition coefficient (Wildman–Crippen LogP) is 1.65. The van der Waals surface area contributed by atoms with Crippen molar-refractivity contribution in [3.05, 3.63) is 30.5 Å². The monoisotopic (exact) mass is 161 g/mol. The number of aromatic hydroxyl groups is 2. The van der Waals surface area contributed by atoms with Crippen LogP contribution in [0.4, 0.5) is 0 Å². The Kier molecular flexibility index (Phi) is 1.37. The summed E-state index contributed by atoms with van der Waals surface area (Å²) in [5.74, 6) is -0.226. The van der Waals surface area contributed by atoms with Gasteiger partial charge in [-0.25, -0.2) is 0 Å². The molecule has 0 saturated carbocycles. The summed E-state index contributed by atoms with van der Waals surface area (Å²) in [5.41, 5.74) is 0.674. The number of hydrogen-bond donors (Lipinski definition) is 2.